The number of hydrogen-bond donors (Lipinski definition) is 1. The predicted octanol–water partition coefficient (Wildman–Crippen LogP) is 2.68. The first-order valence-electron chi connectivity index (χ1n) is 7.31. The number of carbonyl (C=O) groups is 1. The lowest BCUT2D eigenvalue weighted by molar-refractivity contribution is -0.141. The molecule has 0 atom stereocenters. The van der Waals surface area contributed by atoms with Crippen molar-refractivity contribution < 1.29 is 27.1 Å². The Bertz CT molecular complexity index is 750. The SMILES string of the molecule is Cc1cc(C(F)(F)F)nc(CCNC(=O)COc2ccccc2F)n1. The van der Waals surface area contributed by atoms with E-state index in [0.717, 1.165) is 6.07 Å². The number of halogens is 4. The maximum Gasteiger partial charge on any atom is 0.433 e. The molecule has 134 valence electrons. The van der Waals surface area contributed by atoms with Crippen LogP contribution in [0.5, 0.6) is 5.75 Å². The predicted molar refractivity (Wildman–Crippen MR) is 80.4 cm³/mol. The number of amides is 1. The second-order valence-electron chi connectivity index (χ2n) is 5.13. The summed E-state index contributed by atoms with van der Waals surface area (Å²) in [4.78, 5) is 19.0. The summed E-state index contributed by atoms with van der Waals surface area (Å²) in [5, 5.41) is 2.45. The van der Waals surface area contributed by atoms with Gasteiger partial charge in [0.1, 0.15) is 11.5 Å². The van der Waals surface area contributed by atoms with Crippen LogP contribution in [0, 0.1) is 12.7 Å². The molecule has 0 radical (unpaired) electrons. The zero-order valence-corrected chi connectivity index (χ0v) is 13.2. The van der Waals surface area contributed by atoms with Crippen LogP contribution < -0.4 is 10.1 Å². The first-order valence-corrected chi connectivity index (χ1v) is 7.31. The van der Waals surface area contributed by atoms with Crippen molar-refractivity contribution in [1.29, 1.82) is 0 Å². The molecular weight excluding hydrogens is 342 g/mol. The van der Waals surface area contributed by atoms with E-state index in [0.29, 0.717) is 0 Å². The number of para-hydroxylation sites is 1. The van der Waals surface area contributed by atoms with Crippen LogP contribution in [0.15, 0.2) is 30.3 Å². The number of hydrogen-bond acceptors (Lipinski definition) is 4. The van der Waals surface area contributed by atoms with E-state index in [2.05, 4.69) is 15.3 Å². The fourth-order valence-corrected chi connectivity index (χ4v) is 1.96. The van der Waals surface area contributed by atoms with Crippen molar-refractivity contribution in [2.75, 3.05) is 13.2 Å². The Morgan fingerprint density at radius 1 is 1.24 bits per heavy atom. The first-order chi connectivity index (χ1) is 11.8. The van der Waals surface area contributed by atoms with Crippen LogP contribution in [-0.2, 0) is 17.4 Å². The number of nitrogens with zero attached hydrogens (tertiary/aromatic N) is 2. The largest absolute Gasteiger partial charge is 0.481 e. The van der Waals surface area contributed by atoms with E-state index >= 15 is 0 Å². The summed E-state index contributed by atoms with van der Waals surface area (Å²) in [7, 11) is 0. The molecule has 1 aromatic carbocycles. The van der Waals surface area contributed by atoms with Gasteiger partial charge in [-0.05, 0) is 25.1 Å². The third-order valence-electron chi connectivity index (χ3n) is 3.06. The maximum atomic E-state index is 13.3. The molecule has 2 aromatic rings. The molecular formula is C16H15F4N3O2. The summed E-state index contributed by atoms with van der Waals surface area (Å²) in [5.41, 5.74) is -0.837. The van der Waals surface area contributed by atoms with Gasteiger partial charge < -0.3 is 10.1 Å². The molecule has 9 heteroatoms. The third-order valence-corrected chi connectivity index (χ3v) is 3.06. The van der Waals surface area contributed by atoms with Crippen LogP contribution in [0.4, 0.5) is 17.6 Å². The van der Waals surface area contributed by atoms with Crippen molar-refractivity contribution in [1.82, 2.24) is 15.3 Å². The molecule has 25 heavy (non-hydrogen) atoms. The molecule has 1 heterocycles. The molecule has 0 spiro atoms. The highest BCUT2D eigenvalue weighted by Crippen LogP contribution is 2.27. The second kappa shape index (κ2) is 7.91. The molecule has 0 unspecified atom stereocenters. The van der Waals surface area contributed by atoms with Crippen LogP contribution in [0.1, 0.15) is 17.2 Å². The number of aromatic nitrogens is 2. The number of ether oxygens (including phenoxy) is 1. The van der Waals surface area contributed by atoms with Crippen LogP contribution >= 0.6 is 0 Å². The van der Waals surface area contributed by atoms with E-state index < -0.39 is 30.2 Å². The van der Waals surface area contributed by atoms with Gasteiger partial charge in [-0.1, -0.05) is 12.1 Å². The van der Waals surface area contributed by atoms with Gasteiger partial charge in [0.2, 0.25) is 0 Å². The van der Waals surface area contributed by atoms with Gasteiger partial charge >= 0.3 is 6.18 Å². The highest BCUT2D eigenvalue weighted by Gasteiger charge is 2.33. The molecule has 1 amide bonds. The monoisotopic (exact) mass is 357 g/mol. The number of carbonyl (C=O) groups excluding carboxylic acids is 1. The second-order valence-corrected chi connectivity index (χ2v) is 5.13. The molecule has 0 aliphatic heterocycles. The number of nitrogens with one attached hydrogen (secondary N) is 1. The number of alkyl halides is 3. The molecule has 0 fully saturated rings. The Balaban J connectivity index is 1.83. The van der Waals surface area contributed by atoms with Crippen molar-refractivity contribution in [2.24, 2.45) is 0 Å². The average Bonchev–Trinajstić information content (AvgIpc) is 2.53. The highest BCUT2D eigenvalue weighted by atomic mass is 19.4. The van der Waals surface area contributed by atoms with E-state index in [1.807, 2.05) is 0 Å². The van der Waals surface area contributed by atoms with E-state index in [-0.39, 0.29) is 30.2 Å². The van der Waals surface area contributed by atoms with Gasteiger partial charge in [0.15, 0.2) is 18.2 Å². The number of rotatable bonds is 6. The van der Waals surface area contributed by atoms with Gasteiger partial charge in [-0.25, -0.2) is 14.4 Å². The highest BCUT2D eigenvalue weighted by molar-refractivity contribution is 5.77. The van der Waals surface area contributed by atoms with E-state index in [1.54, 1.807) is 6.07 Å². The molecule has 0 saturated heterocycles. The summed E-state index contributed by atoms with van der Waals surface area (Å²) in [6.45, 7) is 1.05. The first kappa shape index (κ1) is 18.6. The Labute approximate surface area is 141 Å². The summed E-state index contributed by atoms with van der Waals surface area (Å²) in [6, 6.07) is 6.47. The Kier molecular flexibility index (Phi) is 5.89. The zero-order chi connectivity index (χ0) is 18.4. The standard InChI is InChI=1S/C16H15F4N3O2/c1-10-8-13(16(18,19)20)23-14(22-10)6-7-21-15(24)9-25-12-5-3-2-4-11(12)17/h2-5,8H,6-7,9H2,1H3,(H,21,24). The molecule has 5 nitrogen and oxygen atoms in total. The smallest absolute Gasteiger partial charge is 0.433 e. The molecule has 0 bridgehead atoms. The van der Waals surface area contributed by atoms with Crippen molar-refractivity contribution in [2.45, 2.75) is 19.5 Å². The zero-order valence-electron chi connectivity index (χ0n) is 13.2. The summed E-state index contributed by atoms with van der Waals surface area (Å²) in [5.74, 6) is -1.22. The maximum absolute atomic E-state index is 13.3. The lowest BCUT2D eigenvalue weighted by Gasteiger charge is -2.10. The minimum Gasteiger partial charge on any atom is -0.481 e. The molecule has 1 aromatic heterocycles. The summed E-state index contributed by atoms with van der Waals surface area (Å²) >= 11 is 0. The fourth-order valence-electron chi connectivity index (χ4n) is 1.96. The topological polar surface area (TPSA) is 64.1 Å². The van der Waals surface area contributed by atoms with Gasteiger partial charge in [-0.3, -0.25) is 4.79 Å². The van der Waals surface area contributed by atoms with Gasteiger partial charge in [0.25, 0.3) is 5.91 Å². The quantitative estimate of drug-likeness (QED) is 0.808. The average molecular weight is 357 g/mol. The van der Waals surface area contributed by atoms with Gasteiger partial charge in [-0.15, -0.1) is 0 Å². The molecule has 0 saturated carbocycles. The molecule has 1 N–H and O–H groups in total. The van der Waals surface area contributed by atoms with Crippen molar-refractivity contribution in [3.05, 3.63) is 53.4 Å². The van der Waals surface area contributed by atoms with Crippen LogP contribution in [-0.4, -0.2) is 29.0 Å². The Morgan fingerprint density at radius 3 is 2.64 bits per heavy atom. The van der Waals surface area contributed by atoms with E-state index in [4.69, 9.17) is 4.74 Å². The lowest BCUT2D eigenvalue weighted by Crippen LogP contribution is -2.31. The minimum atomic E-state index is -4.56. The van der Waals surface area contributed by atoms with Gasteiger partial charge in [0.05, 0.1) is 0 Å². The fraction of sp³-hybridized carbons (Fsp3) is 0.312. The number of benzene rings is 1. The number of aryl methyl sites for hydroxylation is 1. The normalized spacial score (nSPS) is 11.2. The minimum absolute atomic E-state index is 0.0240. The summed E-state index contributed by atoms with van der Waals surface area (Å²) < 4.78 is 56.4. The molecule has 0 aliphatic rings. The van der Waals surface area contributed by atoms with Crippen LogP contribution in [0.3, 0.4) is 0 Å². The van der Waals surface area contributed by atoms with E-state index in [9.17, 15) is 22.4 Å². The van der Waals surface area contributed by atoms with Crippen LogP contribution in [0.2, 0.25) is 0 Å². The lowest BCUT2D eigenvalue weighted by atomic mass is 10.3. The van der Waals surface area contributed by atoms with Gasteiger partial charge in [0, 0.05) is 18.7 Å². The Morgan fingerprint density at radius 2 is 1.96 bits per heavy atom. The third kappa shape index (κ3) is 5.70. The molecule has 2 rings (SSSR count). The van der Waals surface area contributed by atoms with E-state index in [1.165, 1.54) is 25.1 Å². The van der Waals surface area contributed by atoms with Gasteiger partial charge in [-0.2, -0.15) is 13.2 Å². The van der Waals surface area contributed by atoms with Crippen molar-refractivity contribution in [3.63, 3.8) is 0 Å². The summed E-state index contributed by atoms with van der Waals surface area (Å²) in [6.07, 6.45) is -4.53. The van der Waals surface area contributed by atoms with Crippen molar-refractivity contribution in [3.8, 4) is 5.75 Å². The Hall–Kier alpha value is -2.71. The van der Waals surface area contributed by atoms with Crippen LogP contribution in [0.25, 0.3) is 0 Å². The molecule has 0 aliphatic carbocycles. The van der Waals surface area contributed by atoms with Crippen molar-refractivity contribution >= 4 is 5.91 Å².